The lowest BCUT2D eigenvalue weighted by Crippen LogP contribution is -2.54. The fraction of sp³-hybridized carbons (Fsp3) is 0.312. The van der Waals surface area contributed by atoms with Crippen LogP contribution < -0.4 is 4.90 Å². The average molecular weight is 329 g/mol. The molecule has 0 N–H and O–H groups in total. The Balaban J connectivity index is 1.59. The quantitative estimate of drug-likeness (QED) is 0.835. The molecule has 6 nitrogen and oxygen atoms in total. The van der Waals surface area contributed by atoms with Crippen molar-refractivity contribution in [3.63, 3.8) is 0 Å². The Morgan fingerprint density at radius 2 is 2.09 bits per heavy atom. The summed E-state index contributed by atoms with van der Waals surface area (Å²) in [6.45, 7) is 0.994. The van der Waals surface area contributed by atoms with Gasteiger partial charge in [-0.2, -0.15) is 0 Å². The summed E-state index contributed by atoms with van der Waals surface area (Å²) < 4.78 is 5.66. The van der Waals surface area contributed by atoms with Crippen molar-refractivity contribution in [2.24, 2.45) is 0 Å². The number of likely N-dealkylation sites (tertiary alicyclic amines) is 1. The van der Waals surface area contributed by atoms with Gasteiger partial charge in [0, 0.05) is 24.2 Å². The van der Waals surface area contributed by atoms with Gasteiger partial charge < -0.3 is 14.5 Å². The predicted octanol–water partition coefficient (Wildman–Crippen LogP) is 1.40. The van der Waals surface area contributed by atoms with Gasteiger partial charge in [0.25, 0.3) is 11.8 Å². The zero-order valence-electron chi connectivity index (χ0n) is 12.3. The van der Waals surface area contributed by atoms with Crippen molar-refractivity contribution in [1.29, 1.82) is 0 Å². The number of thiazole rings is 1. The van der Waals surface area contributed by atoms with E-state index in [1.165, 1.54) is 11.3 Å². The SMILES string of the molecule is O=C(c1cscn1)N1C[C@@H]2OCC(=O)N(c3ccccc3)[C@H]2C1. The summed E-state index contributed by atoms with van der Waals surface area (Å²) in [6.07, 6.45) is -0.157. The van der Waals surface area contributed by atoms with E-state index in [1.807, 2.05) is 30.3 Å². The molecule has 3 heterocycles. The first-order chi connectivity index (χ1) is 11.2. The van der Waals surface area contributed by atoms with Gasteiger partial charge in [-0.05, 0) is 12.1 Å². The van der Waals surface area contributed by atoms with Crippen LogP contribution in [0.25, 0.3) is 0 Å². The minimum atomic E-state index is -0.157. The van der Waals surface area contributed by atoms with Gasteiger partial charge in [0.05, 0.1) is 17.7 Å². The van der Waals surface area contributed by atoms with Gasteiger partial charge in [0.1, 0.15) is 12.3 Å². The lowest BCUT2D eigenvalue weighted by Gasteiger charge is -2.36. The number of para-hydroxylation sites is 1. The van der Waals surface area contributed by atoms with Crippen molar-refractivity contribution in [1.82, 2.24) is 9.88 Å². The molecule has 7 heteroatoms. The molecule has 2 aliphatic rings. The summed E-state index contributed by atoms with van der Waals surface area (Å²) in [4.78, 5) is 32.4. The molecule has 2 fully saturated rings. The summed E-state index contributed by atoms with van der Waals surface area (Å²) in [5.41, 5.74) is 2.94. The van der Waals surface area contributed by atoms with Crippen molar-refractivity contribution in [3.8, 4) is 0 Å². The van der Waals surface area contributed by atoms with Gasteiger partial charge in [0.2, 0.25) is 0 Å². The molecular weight excluding hydrogens is 314 g/mol. The minimum absolute atomic E-state index is 0.0504. The Morgan fingerprint density at radius 1 is 1.26 bits per heavy atom. The van der Waals surface area contributed by atoms with Crippen LogP contribution in [0.15, 0.2) is 41.2 Å². The number of amides is 2. The predicted molar refractivity (Wildman–Crippen MR) is 85.5 cm³/mol. The number of carbonyl (C=O) groups excluding carboxylic acids is 2. The number of rotatable bonds is 2. The van der Waals surface area contributed by atoms with E-state index >= 15 is 0 Å². The third-order valence-corrected chi connectivity index (χ3v) is 4.82. The largest absolute Gasteiger partial charge is 0.364 e. The molecule has 118 valence electrons. The van der Waals surface area contributed by atoms with Crippen LogP contribution in [0.3, 0.4) is 0 Å². The third-order valence-electron chi connectivity index (χ3n) is 4.23. The second-order valence-corrected chi connectivity index (χ2v) is 6.32. The van der Waals surface area contributed by atoms with Crippen molar-refractivity contribution >= 4 is 28.8 Å². The van der Waals surface area contributed by atoms with Gasteiger partial charge >= 0.3 is 0 Å². The zero-order chi connectivity index (χ0) is 15.8. The Bertz CT molecular complexity index is 719. The second kappa shape index (κ2) is 5.75. The monoisotopic (exact) mass is 329 g/mol. The smallest absolute Gasteiger partial charge is 0.273 e. The van der Waals surface area contributed by atoms with Crippen molar-refractivity contribution in [3.05, 3.63) is 46.9 Å². The Hall–Kier alpha value is -2.25. The Labute approximate surface area is 137 Å². The maximum Gasteiger partial charge on any atom is 0.273 e. The molecule has 2 aromatic rings. The first kappa shape index (κ1) is 14.3. The highest BCUT2D eigenvalue weighted by atomic mass is 32.1. The van der Waals surface area contributed by atoms with E-state index in [9.17, 15) is 9.59 Å². The number of carbonyl (C=O) groups is 2. The number of morpholine rings is 1. The fourth-order valence-corrected chi connectivity index (χ4v) is 3.70. The van der Waals surface area contributed by atoms with Gasteiger partial charge in [0.15, 0.2) is 0 Å². The van der Waals surface area contributed by atoms with E-state index < -0.39 is 0 Å². The highest BCUT2D eigenvalue weighted by Crippen LogP contribution is 2.29. The summed E-state index contributed by atoms with van der Waals surface area (Å²) in [7, 11) is 0. The van der Waals surface area contributed by atoms with Crippen LogP contribution in [-0.2, 0) is 9.53 Å². The molecule has 23 heavy (non-hydrogen) atoms. The fourth-order valence-electron chi connectivity index (χ4n) is 3.17. The van der Waals surface area contributed by atoms with Crippen molar-refractivity contribution < 1.29 is 14.3 Å². The van der Waals surface area contributed by atoms with Crippen LogP contribution in [0.5, 0.6) is 0 Å². The summed E-state index contributed by atoms with van der Waals surface area (Å²) in [5.74, 6) is -0.176. The normalized spacial score (nSPS) is 23.9. The number of aromatic nitrogens is 1. The third kappa shape index (κ3) is 2.51. The van der Waals surface area contributed by atoms with E-state index in [-0.39, 0.29) is 30.6 Å². The molecule has 2 amide bonds. The highest BCUT2D eigenvalue weighted by Gasteiger charge is 2.45. The lowest BCUT2D eigenvalue weighted by atomic mass is 10.1. The highest BCUT2D eigenvalue weighted by molar-refractivity contribution is 7.07. The van der Waals surface area contributed by atoms with Gasteiger partial charge in [-0.1, -0.05) is 18.2 Å². The number of anilines is 1. The van der Waals surface area contributed by atoms with E-state index in [0.717, 1.165) is 5.69 Å². The van der Waals surface area contributed by atoms with Crippen molar-refractivity contribution in [2.45, 2.75) is 12.1 Å². The maximum atomic E-state index is 12.5. The molecule has 1 aromatic heterocycles. The molecule has 0 radical (unpaired) electrons. The van der Waals surface area contributed by atoms with Crippen LogP contribution >= 0.6 is 11.3 Å². The first-order valence-electron chi connectivity index (χ1n) is 7.40. The number of benzene rings is 1. The van der Waals surface area contributed by atoms with Crippen LogP contribution in [-0.4, -0.2) is 53.5 Å². The number of hydrogen-bond donors (Lipinski definition) is 0. The van der Waals surface area contributed by atoms with Crippen LogP contribution in [0.4, 0.5) is 5.69 Å². The maximum absolute atomic E-state index is 12.5. The molecule has 2 aliphatic heterocycles. The summed E-state index contributed by atoms with van der Waals surface area (Å²) in [6, 6.07) is 9.39. The average Bonchev–Trinajstić information content (AvgIpc) is 3.24. The molecule has 0 aliphatic carbocycles. The van der Waals surface area contributed by atoms with Crippen LogP contribution in [0, 0.1) is 0 Å². The molecule has 0 bridgehead atoms. The molecule has 4 rings (SSSR count). The van der Waals surface area contributed by atoms with Crippen LogP contribution in [0.1, 0.15) is 10.5 Å². The molecule has 1 aromatic carbocycles. The van der Waals surface area contributed by atoms with Gasteiger partial charge in [-0.3, -0.25) is 9.59 Å². The topological polar surface area (TPSA) is 62.7 Å². The number of nitrogens with zero attached hydrogens (tertiary/aromatic N) is 3. The molecule has 2 atom stereocenters. The van der Waals surface area contributed by atoms with E-state index in [2.05, 4.69) is 4.98 Å². The molecule has 0 unspecified atom stereocenters. The second-order valence-electron chi connectivity index (χ2n) is 5.60. The standard InChI is InChI=1S/C16H15N3O3S/c20-15-8-22-14-7-18(16(21)12-9-23-10-17-12)6-13(14)19(15)11-4-2-1-3-5-11/h1-5,9-10,13-14H,6-8H2/t13-,14-/m0/s1. The van der Waals surface area contributed by atoms with Crippen LogP contribution in [0.2, 0.25) is 0 Å². The van der Waals surface area contributed by atoms with E-state index in [0.29, 0.717) is 18.8 Å². The van der Waals surface area contributed by atoms with Crippen molar-refractivity contribution in [2.75, 3.05) is 24.6 Å². The number of hydrogen-bond acceptors (Lipinski definition) is 5. The zero-order valence-corrected chi connectivity index (χ0v) is 13.1. The summed E-state index contributed by atoms with van der Waals surface area (Å²) >= 11 is 1.40. The molecular formula is C16H15N3O3S. The van der Waals surface area contributed by atoms with E-state index in [1.54, 1.807) is 20.7 Å². The molecule has 0 spiro atoms. The Morgan fingerprint density at radius 3 is 2.83 bits per heavy atom. The first-order valence-corrected chi connectivity index (χ1v) is 8.34. The van der Waals surface area contributed by atoms with E-state index in [4.69, 9.17) is 4.74 Å². The van der Waals surface area contributed by atoms with Gasteiger partial charge in [-0.15, -0.1) is 11.3 Å². The summed E-state index contributed by atoms with van der Waals surface area (Å²) in [5, 5.41) is 1.74. The lowest BCUT2D eigenvalue weighted by molar-refractivity contribution is -0.130. The Kier molecular flexibility index (Phi) is 3.59. The molecule has 2 saturated heterocycles. The molecule has 0 saturated carbocycles. The minimum Gasteiger partial charge on any atom is -0.364 e. The van der Waals surface area contributed by atoms with Gasteiger partial charge in [-0.25, -0.2) is 4.98 Å². The number of ether oxygens (including phenoxy) is 1. The number of fused-ring (bicyclic) bond motifs is 1.